The number of imidazole rings is 1. The summed E-state index contributed by atoms with van der Waals surface area (Å²) in [6, 6.07) is 0.321. The van der Waals surface area contributed by atoms with Crippen LogP contribution in [-0.2, 0) is 0 Å². The highest BCUT2D eigenvalue weighted by Gasteiger charge is 2.13. The molecule has 0 aromatic carbocycles. The molecule has 80 valence electrons. The Labute approximate surface area is 92.3 Å². The molecule has 0 amide bonds. The van der Waals surface area contributed by atoms with Crippen LogP contribution in [0.4, 0.5) is 5.82 Å². The van der Waals surface area contributed by atoms with E-state index < -0.39 is 0 Å². The highest BCUT2D eigenvalue weighted by atomic mass is 35.5. The Bertz CT molecular complexity index is 492. The molecule has 2 heterocycles. The maximum Gasteiger partial charge on any atom is 0.226 e. The first-order chi connectivity index (χ1) is 7.13. The predicted molar refractivity (Wildman–Crippen MR) is 59.7 cm³/mol. The normalized spacial score (nSPS) is 13.3. The highest BCUT2D eigenvalue weighted by Crippen LogP contribution is 2.23. The molecule has 0 bridgehead atoms. The molecule has 0 fully saturated rings. The summed E-state index contributed by atoms with van der Waals surface area (Å²) >= 11 is 5.70. The van der Waals surface area contributed by atoms with E-state index in [2.05, 4.69) is 28.8 Å². The molecule has 0 aliphatic rings. The van der Waals surface area contributed by atoms with Crippen molar-refractivity contribution in [1.29, 1.82) is 0 Å². The van der Waals surface area contributed by atoms with E-state index >= 15 is 0 Å². The lowest BCUT2D eigenvalue weighted by molar-refractivity contribution is 0.544. The van der Waals surface area contributed by atoms with Crippen LogP contribution in [0.1, 0.15) is 26.3 Å². The SMILES string of the molecule is CCC(C)n1cnc2nc(Cl)nc(N)c21. The average Bonchev–Trinajstić information content (AvgIpc) is 2.60. The minimum atomic E-state index is 0.134. The third-order valence-corrected chi connectivity index (χ3v) is 2.66. The van der Waals surface area contributed by atoms with Crippen LogP contribution >= 0.6 is 11.6 Å². The summed E-state index contributed by atoms with van der Waals surface area (Å²) in [6.07, 6.45) is 2.72. The standard InChI is InChI=1S/C9H12ClN5/c1-3-5(2)15-4-12-8-6(15)7(11)13-9(10)14-8/h4-5H,3H2,1-2H3,(H2,11,13,14). The van der Waals surface area contributed by atoms with Gasteiger partial charge in [-0.3, -0.25) is 0 Å². The number of hydrogen-bond acceptors (Lipinski definition) is 4. The maximum absolute atomic E-state index is 5.80. The number of nitrogens with zero attached hydrogens (tertiary/aromatic N) is 4. The molecular formula is C9H12ClN5. The summed E-state index contributed by atoms with van der Waals surface area (Å²) in [5.74, 6) is 0.378. The van der Waals surface area contributed by atoms with Crippen LogP contribution in [0.5, 0.6) is 0 Å². The summed E-state index contributed by atoms with van der Waals surface area (Å²) < 4.78 is 1.97. The number of nitrogens with two attached hydrogens (primary N) is 1. The van der Waals surface area contributed by atoms with Crippen molar-refractivity contribution in [2.45, 2.75) is 26.3 Å². The molecule has 2 aromatic heterocycles. The Kier molecular flexibility index (Phi) is 2.48. The van der Waals surface area contributed by atoms with Gasteiger partial charge in [-0.2, -0.15) is 9.97 Å². The average molecular weight is 226 g/mol. The molecule has 1 unspecified atom stereocenters. The zero-order valence-corrected chi connectivity index (χ0v) is 9.36. The predicted octanol–water partition coefficient (Wildman–Crippen LogP) is 2.03. The summed E-state index contributed by atoms with van der Waals surface area (Å²) in [5.41, 5.74) is 7.11. The van der Waals surface area contributed by atoms with Crippen molar-refractivity contribution in [3.63, 3.8) is 0 Å². The van der Waals surface area contributed by atoms with Crippen LogP contribution in [0.2, 0.25) is 5.28 Å². The largest absolute Gasteiger partial charge is 0.382 e. The molecule has 5 nitrogen and oxygen atoms in total. The molecule has 15 heavy (non-hydrogen) atoms. The van der Waals surface area contributed by atoms with Crippen molar-refractivity contribution in [1.82, 2.24) is 19.5 Å². The van der Waals surface area contributed by atoms with Crippen molar-refractivity contribution >= 4 is 28.6 Å². The lowest BCUT2D eigenvalue weighted by Crippen LogP contribution is -2.05. The van der Waals surface area contributed by atoms with Crippen molar-refractivity contribution < 1.29 is 0 Å². The fourth-order valence-electron chi connectivity index (χ4n) is 1.48. The van der Waals surface area contributed by atoms with Gasteiger partial charge in [0, 0.05) is 6.04 Å². The van der Waals surface area contributed by atoms with E-state index in [-0.39, 0.29) is 5.28 Å². The van der Waals surface area contributed by atoms with Crippen LogP contribution in [-0.4, -0.2) is 19.5 Å². The lowest BCUT2D eigenvalue weighted by atomic mass is 10.2. The van der Waals surface area contributed by atoms with Gasteiger partial charge in [0.1, 0.15) is 5.52 Å². The Balaban J connectivity index is 2.69. The lowest BCUT2D eigenvalue weighted by Gasteiger charge is -2.11. The molecule has 2 aromatic rings. The van der Waals surface area contributed by atoms with Crippen LogP contribution < -0.4 is 5.73 Å². The quantitative estimate of drug-likeness (QED) is 0.794. The summed E-state index contributed by atoms with van der Waals surface area (Å²) in [4.78, 5) is 12.1. The number of fused-ring (bicyclic) bond motifs is 1. The van der Waals surface area contributed by atoms with Crippen LogP contribution in [0.3, 0.4) is 0 Å². The molecule has 0 aliphatic heterocycles. The minimum absolute atomic E-state index is 0.134. The van der Waals surface area contributed by atoms with Gasteiger partial charge in [-0.25, -0.2) is 4.98 Å². The van der Waals surface area contributed by atoms with E-state index in [1.807, 2.05) is 4.57 Å². The molecule has 2 N–H and O–H groups in total. The van der Waals surface area contributed by atoms with Gasteiger partial charge in [0.05, 0.1) is 6.33 Å². The smallest absolute Gasteiger partial charge is 0.226 e. The molecule has 1 atom stereocenters. The van der Waals surface area contributed by atoms with Crippen LogP contribution in [0.15, 0.2) is 6.33 Å². The van der Waals surface area contributed by atoms with Gasteiger partial charge in [-0.1, -0.05) is 6.92 Å². The van der Waals surface area contributed by atoms with Gasteiger partial charge >= 0.3 is 0 Å². The molecule has 0 spiro atoms. The second kappa shape index (κ2) is 3.66. The first-order valence-corrected chi connectivity index (χ1v) is 5.16. The second-order valence-electron chi connectivity index (χ2n) is 3.46. The van der Waals surface area contributed by atoms with Crippen LogP contribution in [0.25, 0.3) is 11.2 Å². The molecule has 0 saturated heterocycles. The second-order valence-corrected chi connectivity index (χ2v) is 3.80. The Morgan fingerprint density at radius 3 is 2.93 bits per heavy atom. The van der Waals surface area contributed by atoms with E-state index in [1.54, 1.807) is 6.33 Å². The highest BCUT2D eigenvalue weighted by molar-refractivity contribution is 6.28. The number of aromatic nitrogens is 4. The number of hydrogen-bond donors (Lipinski definition) is 1. The Morgan fingerprint density at radius 1 is 1.53 bits per heavy atom. The fraction of sp³-hybridized carbons (Fsp3) is 0.444. The van der Waals surface area contributed by atoms with E-state index in [1.165, 1.54) is 0 Å². The third kappa shape index (κ3) is 1.63. The number of rotatable bonds is 2. The number of nitrogen functional groups attached to an aromatic ring is 1. The number of anilines is 1. The fourth-order valence-corrected chi connectivity index (χ4v) is 1.65. The van der Waals surface area contributed by atoms with Gasteiger partial charge < -0.3 is 10.3 Å². The van der Waals surface area contributed by atoms with Crippen molar-refractivity contribution in [3.8, 4) is 0 Å². The zero-order chi connectivity index (χ0) is 11.0. The minimum Gasteiger partial charge on any atom is -0.382 e. The van der Waals surface area contributed by atoms with Crippen molar-refractivity contribution in [2.75, 3.05) is 5.73 Å². The zero-order valence-electron chi connectivity index (χ0n) is 8.61. The van der Waals surface area contributed by atoms with E-state index in [9.17, 15) is 0 Å². The van der Waals surface area contributed by atoms with Gasteiger partial charge in [-0.05, 0) is 24.9 Å². The van der Waals surface area contributed by atoms with E-state index in [4.69, 9.17) is 17.3 Å². The topological polar surface area (TPSA) is 69.6 Å². The first kappa shape index (κ1) is 10.2. The molecule has 0 radical (unpaired) electrons. The molecule has 2 rings (SSSR count). The molecule has 0 aliphatic carbocycles. The molecule has 0 saturated carbocycles. The van der Waals surface area contributed by atoms with Gasteiger partial charge in [0.15, 0.2) is 11.5 Å². The number of halogens is 1. The Hall–Kier alpha value is -1.36. The van der Waals surface area contributed by atoms with E-state index in [0.29, 0.717) is 17.5 Å². The monoisotopic (exact) mass is 225 g/mol. The van der Waals surface area contributed by atoms with Gasteiger partial charge in [0.2, 0.25) is 5.28 Å². The maximum atomic E-state index is 5.80. The summed E-state index contributed by atoms with van der Waals surface area (Å²) in [6.45, 7) is 4.19. The first-order valence-electron chi connectivity index (χ1n) is 4.79. The Morgan fingerprint density at radius 2 is 2.27 bits per heavy atom. The summed E-state index contributed by atoms with van der Waals surface area (Å²) in [7, 11) is 0. The van der Waals surface area contributed by atoms with Crippen molar-refractivity contribution in [2.24, 2.45) is 0 Å². The summed E-state index contributed by atoms with van der Waals surface area (Å²) in [5, 5.41) is 0.134. The molecular weight excluding hydrogens is 214 g/mol. The van der Waals surface area contributed by atoms with E-state index in [0.717, 1.165) is 11.9 Å². The van der Waals surface area contributed by atoms with Crippen molar-refractivity contribution in [3.05, 3.63) is 11.6 Å². The van der Waals surface area contributed by atoms with Gasteiger partial charge in [0.25, 0.3) is 0 Å². The third-order valence-electron chi connectivity index (χ3n) is 2.49. The van der Waals surface area contributed by atoms with Crippen LogP contribution in [0, 0.1) is 0 Å². The van der Waals surface area contributed by atoms with Gasteiger partial charge in [-0.15, -0.1) is 0 Å². The molecule has 6 heteroatoms.